The first-order valence-electron chi connectivity index (χ1n) is 7.58. The van der Waals surface area contributed by atoms with Gasteiger partial charge in [0.25, 0.3) is 0 Å². The van der Waals surface area contributed by atoms with Crippen LogP contribution in [0.3, 0.4) is 0 Å². The Bertz CT molecular complexity index is 631. The second-order valence-corrected chi connectivity index (χ2v) is 6.95. The summed E-state index contributed by atoms with van der Waals surface area (Å²) in [5, 5.41) is 7.45. The van der Waals surface area contributed by atoms with Gasteiger partial charge in [0.1, 0.15) is 0 Å². The second kappa shape index (κ2) is 6.54. The Balaban J connectivity index is 1.55. The molecule has 1 aromatic carbocycles. The summed E-state index contributed by atoms with van der Waals surface area (Å²) in [5.74, 6) is 0.761. The molecule has 4 nitrogen and oxygen atoms in total. The molecule has 1 amide bonds. The van der Waals surface area contributed by atoms with E-state index in [4.69, 9.17) is 0 Å². The quantitative estimate of drug-likeness (QED) is 0.911. The van der Waals surface area contributed by atoms with Gasteiger partial charge >= 0.3 is 0 Å². The minimum absolute atomic E-state index is 0.112. The molecule has 21 heavy (non-hydrogen) atoms. The van der Waals surface area contributed by atoms with Crippen LogP contribution in [0, 0.1) is 12.8 Å². The zero-order valence-corrected chi connectivity index (χ0v) is 13.1. The number of carbonyl (C=O) groups excluding carboxylic acids is 1. The van der Waals surface area contributed by atoms with Crippen LogP contribution in [-0.4, -0.2) is 24.0 Å². The number of carbonyl (C=O) groups is 1. The van der Waals surface area contributed by atoms with Crippen LogP contribution in [0.5, 0.6) is 0 Å². The molecule has 0 radical (unpaired) electrons. The van der Waals surface area contributed by atoms with Crippen molar-refractivity contribution in [1.82, 2.24) is 10.3 Å². The van der Waals surface area contributed by atoms with Gasteiger partial charge in [-0.1, -0.05) is 0 Å². The number of aryl methyl sites for hydroxylation is 1. The number of nitrogens with one attached hydrogen (secondary N) is 2. The molecule has 3 rings (SSSR count). The van der Waals surface area contributed by atoms with Gasteiger partial charge in [-0.05, 0) is 63.4 Å². The Morgan fingerprint density at radius 1 is 1.52 bits per heavy atom. The van der Waals surface area contributed by atoms with Crippen LogP contribution in [-0.2, 0) is 4.79 Å². The van der Waals surface area contributed by atoms with Crippen molar-refractivity contribution >= 4 is 33.1 Å². The summed E-state index contributed by atoms with van der Waals surface area (Å²) in [6, 6.07) is 5.92. The van der Waals surface area contributed by atoms with Gasteiger partial charge in [0.15, 0.2) is 0 Å². The third-order valence-electron chi connectivity index (χ3n) is 3.96. The monoisotopic (exact) mass is 303 g/mol. The zero-order valence-electron chi connectivity index (χ0n) is 12.3. The van der Waals surface area contributed by atoms with E-state index in [0.717, 1.165) is 40.4 Å². The SMILES string of the molecule is Cc1nc2ccc(NC(=O)CCC3CCCNC3)cc2s1. The fourth-order valence-electron chi connectivity index (χ4n) is 2.85. The van der Waals surface area contributed by atoms with E-state index in [9.17, 15) is 4.79 Å². The summed E-state index contributed by atoms with van der Waals surface area (Å²) in [5.41, 5.74) is 1.88. The molecule has 1 unspecified atom stereocenters. The van der Waals surface area contributed by atoms with E-state index in [0.29, 0.717) is 12.3 Å². The van der Waals surface area contributed by atoms with Crippen LogP contribution >= 0.6 is 11.3 Å². The maximum absolute atomic E-state index is 12.1. The maximum atomic E-state index is 12.1. The highest BCUT2D eigenvalue weighted by molar-refractivity contribution is 7.18. The van der Waals surface area contributed by atoms with Gasteiger partial charge in [0.05, 0.1) is 15.2 Å². The smallest absolute Gasteiger partial charge is 0.224 e. The number of thiazole rings is 1. The molecule has 1 aliphatic heterocycles. The molecule has 1 fully saturated rings. The molecule has 0 aliphatic carbocycles. The van der Waals surface area contributed by atoms with Crippen LogP contribution in [0.4, 0.5) is 5.69 Å². The number of fused-ring (bicyclic) bond motifs is 1. The van der Waals surface area contributed by atoms with Crippen molar-refractivity contribution in [2.24, 2.45) is 5.92 Å². The minimum Gasteiger partial charge on any atom is -0.326 e. The number of anilines is 1. The molecule has 1 aromatic heterocycles. The second-order valence-electron chi connectivity index (χ2n) is 5.71. The average Bonchev–Trinajstić information content (AvgIpc) is 2.85. The number of rotatable bonds is 4. The first kappa shape index (κ1) is 14.5. The van der Waals surface area contributed by atoms with E-state index in [1.807, 2.05) is 25.1 Å². The molecule has 0 spiro atoms. The Morgan fingerprint density at radius 3 is 3.24 bits per heavy atom. The highest BCUT2D eigenvalue weighted by atomic mass is 32.1. The van der Waals surface area contributed by atoms with E-state index in [-0.39, 0.29) is 5.91 Å². The Labute approximate surface area is 129 Å². The van der Waals surface area contributed by atoms with E-state index in [1.165, 1.54) is 12.8 Å². The summed E-state index contributed by atoms with van der Waals surface area (Å²) in [6.45, 7) is 4.18. The predicted molar refractivity (Wildman–Crippen MR) is 87.8 cm³/mol. The molecule has 2 aromatic rings. The van der Waals surface area contributed by atoms with Gasteiger partial charge in [-0.15, -0.1) is 11.3 Å². The molecule has 112 valence electrons. The number of nitrogens with zero attached hydrogens (tertiary/aromatic N) is 1. The molecular weight excluding hydrogens is 282 g/mol. The molecule has 1 aliphatic rings. The summed E-state index contributed by atoms with van der Waals surface area (Å²) >= 11 is 1.66. The molecule has 0 bridgehead atoms. The Kier molecular flexibility index (Phi) is 4.51. The summed E-state index contributed by atoms with van der Waals surface area (Å²) in [7, 11) is 0. The lowest BCUT2D eigenvalue weighted by atomic mass is 9.94. The highest BCUT2D eigenvalue weighted by Crippen LogP contribution is 2.25. The summed E-state index contributed by atoms with van der Waals surface area (Å²) in [4.78, 5) is 16.5. The highest BCUT2D eigenvalue weighted by Gasteiger charge is 2.14. The van der Waals surface area contributed by atoms with Crippen LogP contribution in [0.2, 0.25) is 0 Å². The lowest BCUT2D eigenvalue weighted by Gasteiger charge is -2.22. The van der Waals surface area contributed by atoms with Gasteiger partial charge < -0.3 is 10.6 Å². The Morgan fingerprint density at radius 2 is 2.43 bits per heavy atom. The van der Waals surface area contributed by atoms with Gasteiger partial charge in [-0.2, -0.15) is 0 Å². The van der Waals surface area contributed by atoms with Gasteiger partial charge in [0, 0.05) is 12.1 Å². The fourth-order valence-corrected chi connectivity index (χ4v) is 3.71. The molecule has 2 heterocycles. The predicted octanol–water partition coefficient (Wildman–Crippen LogP) is 3.32. The lowest BCUT2D eigenvalue weighted by Crippen LogP contribution is -2.30. The molecular formula is C16H21N3OS. The number of hydrogen-bond donors (Lipinski definition) is 2. The number of hydrogen-bond acceptors (Lipinski definition) is 4. The van der Waals surface area contributed by atoms with Crippen LogP contribution < -0.4 is 10.6 Å². The number of amides is 1. The van der Waals surface area contributed by atoms with E-state index in [2.05, 4.69) is 15.6 Å². The van der Waals surface area contributed by atoms with Crippen molar-refractivity contribution in [1.29, 1.82) is 0 Å². The van der Waals surface area contributed by atoms with E-state index < -0.39 is 0 Å². The largest absolute Gasteiger partial charge is 0.326 e. The van der Waals surface area contributed by atoms with Gasteiger partial charge in [-0.3, -0.25) is 4.79 Å². The van der Waals surface area contributed by atoms with Crippen LogP contribution in [0.1, 0.15) is 30.7 Å². The van der Waals surface area contributed by atoms with Crippen molar-refractivity contribution < 1.29 is 4.79 Å². The third kappa shape index (κ3) is 3.80. The number of piperidine rings is 1. The average molecular weight is 303 g/mol. The topological polar surface area (TPSA) is 54.0 Å². The summed E-state index contributed by atoms with van der Waals surface area (Å²) in [6.07, 6.45) is 4.05. The van der Waals surface area contributed by atoms with Crippen LogP contribution in [0.15, 0.2) is 18.2 Å². The van der Waals surface area contributed by atoms with E-state index >= 15 is 0 Å². The van der Waals surface area contributed by atoms with Crippen molar-refractivity contribution in [3.05, 3.63) is 23.2 Å². The standard InChI is InChI=1S/C16H21N3OS/c1-11-18-14-6-5-13(9-15(14)21-11)19-16(20)7-4-12-3-2-8-17-10-12/h5-6,9,12,17H,2-4,7-8,10H2,1H3,(H,19,20). The molecule has 1 atom stereocenters. The third-order valence-corrected chi connectivity index (χ3v) is 4.89. The van der Waals surface area contributed by atoms with Crippen molar-refractivity contribution in [3.8, 4) is 0 Å². The van der Waals surface area contributed by atoms with E-state index in [1.54, 1.807) is 11.3 Å². The van der Waals surface area contributed by atoms with Crippen molar-refractivity contribution in [2.45, 2.75) is 32.6 Å². The first-order chi connectivity index (χ1) is 10.2. The lowest BCUT2D eigenvalue weighted by molar-refractivity contribution is -0.116. The molecule has 0 saturated carbocycles. The van der Waals surface area contributed by atoms with Crippen molar-refractivity contribution in [2.75, 3.05) is 18.4 Å². The van der Waals surface area contributed by atoms with Gasteiger partial charge in [-0.25, -0.2) is 4.98 Å². The Hall–Kier alpha value is -1.46. The normalized spacial score (nSPS) is 18.8. The number of benzene rings is 1. The van der Waals surface area contributed by atoms with Crippen LogP contribution in [0.25, 0.3) is 10.2 Å². The molecule has 5 heteroatoms. The zero-order chi connectivity index (χ0) is 14.7. The molecule has 2 N–H and O–H groups in total. The first-order valence-corrected chi connectivity index (χ1v) is 8.40. The van der Waals surface area contributed by atoms with Gasteiger partial charge in [0.2, 0.25) is 5.91 Å². The number of aromatic nitrogens is 1. The summed E-state index contributed by atoms with van der Waals surface area (Å²) < 4.78 is 1.13. The van der Waals surface area contributed by atoms with Crippen molar-refractivity contribution in [3.63, 3.8) is 0 Å². The fraction of sp³-hybridized carbons (Fsp3) is 0.500. The molecule has 1 saturated heterocycles. The maximum Gasteiger partial charge on any atom is 0.224 e. The minimum atomic E-state index is 0.112.